The SMILES string of the molecule is Cc1c(C(=O)N2CC=C3C(C)(C)C(c4ccc(C(=O)O)cc4)=CC[C@]3(C)C2)c(=O)n(-c2ccccc2)n1C. The second kappa shape index (κ2) is 9.01. The summed E-state index contributed by atoms with van der Waals surface area (Å²) in [6.07, 6.45) is 5.11. The summed E-state index contributed by atoms with van der Waals surface area (Å²) in [5, 5.41) is 9.26. The fourth-order valence-electron chi connectivity index (χ4n) is 6.33. The first kappa shape index (κ1) is 25.5. The predicted octanol–water partition coefficient (Wildman–Crippen LogP) is 5.08. The third-order valence-corrected chi connectivity index (χ3v) is 8.31. The maximum atomic E-state index is 13.8. The summed E-state index contributed by atoms with van der Waals surface area (Å²) >= 11 is 0. The zero-order chi connectivity index (χ0) is 27.4. The van der Waals surface area contributed by atoms with Crippen LogP contribution in [0.25, 0.3) is 11.3 Å². The van der Waals surface area contributed by atoms with Crippen LogP contribution in [0.2, 0.25) is 0 Å². The van der Waals surface area contributed by atoms with E-state index in [4.69, 9.17) is 0 Å². The Morgan fingerprint density at radius 1 is 0.947 bits per heavy atom. The number of carbonyl (C=O) groups excluding carboxylic acids is 1. The molecule has 2 aliphatic rings. The van der Waals surface area contributed by atoms with Gasteiger partial charge in [-0.05, 0) is 48.7 Å². The molecule has 0 saturated heterocycles. The molecule has 0 radical (unpaired) electrons. The monoisotopic (exact) mass is 511 g/mol. The number of amides is 1. The molecule has 0 unspecified atom stereocenters. The molecule has 1 N–H and O–H groups in total. The standard InChI is InChI=1S/C31H33N3O4/c1-20-26(28(36)34(32(20)5)23-9-7-6-8-10-23)27(35)33-18-16-25-30(2,3)24(15-17-31(25,4)19-33)21-11-13-22(14-12-21)29(37)38/h6-16H,17-19H2,1-5H3,(H,37,38)/t31-/m1/s1. The molecule has 7 nitrogen and oxygen atoms in total. The van der Waals surface area contributed by atoms with Crippen LogP contribution < -0.4 is 5.56 Å². The maximum Gasteiger partial charge on any atom is 0.335 e. The van der Waals surface area contributed by atoms with Crippen molar-refractivity contribution in [1.82, 2.24) is 14.3 Å². The van der Waals surface area contributed by atoms with E-state index >= 15 is 0 Å². The van der Waals surface area contributed by atoms with Crippen LogP contribution in [0.3, 0.4) is 0 Å². The van der Waals surface area contributed by atoms with Gasteiger partial charge in [0.05, 0.1) is 16.9 Å². The van der Waals surface area contributed by atoms with Crippen LogP contribution in [0, 0.1) is 17.8 Å². The lowest BCUT2D eigenvalue weighted by Crippen LogP contribution is -2.49. The Labute approximate surface area is 222 Å². The molecular weight excluding hydrogens is 478 g/mol. The van der Waals surface area contributed by atoms with Gasteiger partial charge in [0, 0.05) is 31.0 Å². The summed E-state index contributed by atoms with van der Waals surface area (Å²) in [7, 11) is 1.80. The highest BCUT2D eigenvalue weighted by Crippen LogP contribution is 2.55. The van der Waals surface area contributed by atoms with Crippen LogP contribution in [0.4, 0.5) is 0 Å². The molecule has 3 aromatic rings. The van der Waals surface area contributed by atoms with E-state index in [1.807, 2.05) is 49.4 Å². The first-order valence-electron chi connectivity index (χ1n) is 12.8. The van der Waals surface area contributed by atoms with E-state index in [1.54, 1.807) is 33.4 Å². The van der Waals surface area contributed by atoms with Crippen LogP contribution in [0.15, 0.2) is 77.1 Å². The minimum atomic E-state index is -0.940. The molecule has 1 aliphatic heterocycles. The Morgan fingerprint density at radius 3 is 2.24 bits per heavy atom. The summed E-state index contributed by atoms with van der Waals surface area (Å²) in [5.41, 5.74) is 4.38. The van der Waals surface area contributed by atoms with Gasteiger partial charge in [-0.15, -0.1) is 0 Å². The number of nitrogens with zero attached hydrogens (tertiary/aromatic N) is 3. The molecule has 0 fully saturated rings. The van der Waals surface area contributed by atoms with Crippen molar-refractivity contribution in [1.29, 1.82) is 0 Å². The Balaban J connectivity index is 1.46. The lowest BCUT2D eigenvalue weighted by atomic mass is 9.58. The molecule has 1 amide bonds. The number of allylic oxidation sites excluding steroid dienone is 2. The van der Waals surface area contributed by atoms with Gasteiger partial charge in [0.1, 0.15) is 5.56 Å². The molecule has 0 saturated carbocycles. The van der Waals surface area contributed by atoms with Gasteiger partial charge in [0.25, 0.3) is 11.5 Å². The quantitative estimate of drug-likeness (QED) is 0.495. The van der Waals surface area contributed by atoms with Gasteiger partial charge in [-0.2, -0.15) is 0 Å². The summed E-state index contributed by atoms with van der Waals surface area (Å²) in [6, 6.07) is 16.4. The first-order chi connectivity index (χ1) is 18.0. The average molecular weight is 512 g/mol. The molecule has 1 atom stereocenters. The second-order valence-corrected chi connectivity index (χ2v) is 11.1. The number of fused-ring (bicyclic) bond motifs is 1. The topological polar surface area (TPSA) is 84.5 Å². The smallest absolute Gasteiger partial charge is 0.335 e. The van der Waals surface area contributed by atoms with Crippen molar-refractivity contribution in [3.05, 3.63) is 105 Å². The largest absolute Gasteiger partial charge is 0.478 e. The molecule has 0 spiro atoms. The van der Waals surface area contributed by atoms with Crippen molar-refractivity contribution >= 4 is 17.4 Å². The van der Waals surface area contributed by atoms with Crippen LogP contribution in [-0.4, -0.2) is 44.3 Å². The minimum Gasteiger partial charge on any atom is -0.478 e. The first-order valence-corrected chi connectivity index (χ1v) is 12.8. The van der Waals surface area contributed by atoms with Gasteiger partial charge in [-0.25, -0.2) is 9.48 Å². The number of carboxylic acid groups (broad SMARTS) is 1. The molecule has 1 aliphatic carbocycles. The van der Waals surface area contributed by atoms with Gasteiger partial charge in [0.15, 0.2) is 0 Å². The van der Waals surface area contributed by atoms with Crippen molar-refractivity contribution in [2.24, 2.45) is 17.9 Å². The molecular formula is C31H33N3O4. The zero-order valence-electron chi connectivity index (χ0n) is 22.5. The molecule has 0 bridgehead atoms. The Hall–Kier alpha value is -4.13. The minimum absolute atomic E-state index is 0.210. The van der Waals surface area contributed by atoms with Gasteiger partial charge in [0.2, 0.25) is 0 Å². The number of aromatic carboxylic acids is 1. The van der Waals surface area contributed by atoms with Crippen molar-refractivity contribution in [2.45, 2.75) is 34.1 Å². The molecule has 5 rings (SSSR count). The molecule has 1 aromatic heterocycles. The highest BCUT2D eigenvalue weighted by Gasteiger charge is 2.47. The highest BCUT2D eigenvalue weighted by molar-refractivity contribution is 5.95. The lowest BCUT2D eigenvalue weighted by molar-refractivity contribution is 0.0676. The number of rotatable bonds is 4. The Morgan fingerprint density at radius 2 is 1.61 bits per heavy atom. The van der Waals surface area contributed by atoms with Crippen molar-refractivity contribution < 1.29 is 14.7 Å². The lowest BCUT2D eigenvalue weighted by Gasteiger charge is -2.50. The van der Waals surface area contributed by atoms with Gasteiger partial charge >= 0.3 is 5.97 Å². The fourth-order valence-corrected chi connectivity index (χ4v) is 6.33. The van der Waals surface area contributed by atoms with E-state index in [2.05, 4.69) is 32.9 Å². The fraction of sp³-hybridized carbons (Fsp3) is 0.323. The third kappa shape index (κ3) is 3.93. The summed E-state index contributed by atoms with van der Waals surface area (Å²) in [6.45, 7) is 9.31. The van der Waals surface area contributed by atoms with E-state index < -0.39 is 5.97 Å². The number of hydrogen-bond donors (Lipinski definition) is 1. The van der Waals surface area contributed by atoms with Gasteiger partial charge in [-0.1, -0.05) is 68.8 Å². The van der Waals surface area contributed by atoms with Crippen molar-refractivity contribution in [2.75, 3.05) is 13.1 Å². The number of benzene rings is 2. The summed E-state index contributed by atoms with van der Waals surface area (Å²) in [4.78, 5) is 40.3. The number of hydrogen-bond acceptors (Lipinski definition) is 3. The summed E-state index contributed by atoms with van der Waals surface area (Å²) in [5.74, 6) is -1.18. The molecule has 38 heavy (non-hydrogen) atoms. The van der Waals surface area contributed by atoms with E-state index in [9.17, 15) is 19.5 Å². The molecule has 2 aromatic carbocycles. The predicted molar refractivity (Wildman–Crippen MR) is 148 cm³/mol. The van der Waals surface area contributed by atoms with Gasteiger partial charge in [-0.3, -0.25) is 14.3 Å². The second-order valence-electron chi connectivity index (χ2n) is 11.1. The van der Waals surface area contributed by atoms with Crippen LogP contribution in [0.5, 0.6) is 0 Å². The Kier molecular flexibility index (Phi) is 6.05. The van der Waals surface area contributed by atoms with Gasteiger partial charge < -0.3 is 10.0 Å². The molecule has 196 valence electrons. The third-order valence-electron chi connectivity index (χ3n) is 8.31. The van der Waals surface area contributed by atoms with E-state index in [-0.39, 0.29) is 33.4 Å². The van der Waals surface area contributed by atoms with E-state index in [0.29, 0.717) is 18.8 Å². The van der Waals surface area contributed by atoms with Crippen molar-refractivity contribution in [3.63, 3.8) is 0 Å². The average Bonchev–Trinajstić information content (AvgIpc) is 3.11. The number of aromatic nitrogens is 2. The van der Waals surface area contributed by atoms with Crippen LogP contribution in [0.1, 0.15) is 59.2 Å². The van der Waals surface area contributed by atoms with Crippen LogP contribution in [-0.2, 0) is 7.05 Å². The normalized spacial score (nSPS) is 20.4. The number of carboxylic acids is 1. The maximum absolute atomic E-state index is 13.8. The number of carbonyl (C=O) groups is 2. The van der Waals surface area contributed by atoms with Crippen molar-refractivity contribution in [3.8, 4) is 5.69 Å². The molecule has 2 heterocycles. The van der Waals surface area contributed by atoms with E-state index in [1.165, 1.54) is 5.57 Å². The zero-order valence-corrected chi connectivity index (χ0v) is 22.5. The van der Waals surface area contributed by atoms with E-state index in [0.717, 1.165) is 23.2 Å². The number of para-hydroxylation sites is 1. The highest BCUT2D eigenvalue weighted by atomic mass is 16.4. The van der Waals surface area contributed by atoms with Crippen LogP contribution >= 0.6 is 0 Å². The Bertz CT molecular complexity index is 1550. The summed E-state index contributed by atoms with van der Waals surface area (Å²) < 4.78 is 3.29. The molecule has 7 heteroatoms.